The van der Waals surface area contributed by atoms with E-state index in [1.165, 1.54) is 0 Å². The molecule has 1 aromatic rings. The Bertz CT molecular complexity index is 332. The molecule has 0 atom stereocenters. The van der Waals surface area contributed by atoms with Crippen molar-refractivity contribution in [1.29, 1.82) is 0 Å². The number of Topliss-reactive ketones (excluding diaryl/α,β-unsaturated/α-hetero) is 1. The number of carbonyl (C=O) groups is 1. The van der Waals surface area contributed by atoms with Crippen LogP contribution in [0.3, 0.4) is 0 Å². The van der Waals surface area contributed by atoms with E-state index in [0.29, 0.717) is 5.75 Å². The van der Waals surface area contributed by atoms with Crippen LogP contribution in [-0.4, -0.2) is 11.5 Å². The van der Waals surface area contributed by atoms with Gasteiger partial charge in [-0.05, 0) is 19.1 Å². The van der Waals surface area contributed by atoms with Crippen LogP contribution in [0.5, 0.6) is 0 Å². The zero-order valence-electron chi connectivity index (χ0n) is 7.41. The van der Waals surface area contributed by atoms with E-state index in [9.17, 15) is 4.79 Å². The molecule has 0 heterocycles. The second kappa shape index (κ2) is 4.74. The molecule has 1 rings (SSSR count). The fourth-order valence-corrected chi connectivity index (χ4v) is 1.49. The molecule has 0 aliphatic carbocycles. The maximum atomic E-state index is 10.9. The van der Waals surface area contributed by atoms with E-state index in [4.69, 9.17) is 6.42 Å². The average Bonchev–Trinajstić information content (AvgIpc) is 2.15. The third-order valence-electron chi connectivity index (χ3n) is 1.58. The fourth-order valence-electron chi connectivity index (χ4n) is 0.911. The normalized spacial score (nSPS) is 9.23. The SMILES string of the molecule is C#CCSc1ccc(C(C)=O)cc1. The van der Waals surface area contributed by atoms with Gasteiger partial charge in [0.25, 0.3) is 0 Å². The van der Waals surface area contributed by atoms with Gasteiger partial charge in [-0.2, -0.15) is 0 Å². The molecular weight excluding hydrogens is 180 g/mol. The summed E-state index contributed by atoms with van der Waals surface area (Å²) >= 11 is 1.59. The lowest BCUT2D eigenvalue weighted by atomic mass is 10.2. The van der Waals surface area contributed by atoms with Gasteiger partial charge in [-0.3, -0.25) is 4.79 Å². The number of ketones is 1. The Morgan fingerprint density at radius 1 is 1.46 bits per heavy atom. The minimum Gasteiger partial charge on any atom is -0.295 e. The van der Waals surface area contributed by atoms with Crippen LogP contribution < -0.4 is 0 Å². The van der Waals surface area contributed by atoms with Crippen molar-refractivity contribution in [2.24, 2.45) is 0 Å². The maximum absolute atomic E-state index is 10.9. The summed E-state index contributed by atoms with van der Waals surface area (Å²) in [6.07, 6.45) is 5.13. The third-order valence-corrected chi connectivity index (χ3v) is 2.50. The molecule has 0 saturated heterocycles. The fraction of sp³-hybridized carbons (Fsp3) is 0.182. The molecule has 0 amide bonds. The molecule has 0 fully saturated rings. The summed E-state index contributed by atoms with van der Waals surface area (Å²) in [5.41, 5.74) is 0.741. The molecule has 0 saturated carbocycles. The van der Waals surface area contributed by atoms with E-state index >= 15 is 0 Å². The zero-order chi connectivity index (χ0) is 9.68. The molecule has 0 bridgehead atoms. The lowest BCUT2D eigenvalue weighted by Gasteiger charge is -1.98. The Morgan fingerprint density at radius 3 is 2.54 bits per heavy atom. The first kappa shape index (κ1) is 9.88. The molecule has 2 heteroatoms. The molecular formula is C11H10OS. The predicted octanol–water partition coefficient (Wildman–Crippen LogP) is 2.61. The lowest BCUT2D eigenvalue weighted by molar-refractivity contribution is 0.101. The quantitative estimate of drug-likeness (QED) is 0.414. The van der Waals surface area contributed by atoms with Crippen molar-refractivity contribution in [3.8, 4) is 12.3 Å². The van der Waals surface area contributed by atoms with E-state index in [0.717, 1.165) is 10.5 Å². The number of hydrogen-bond acceptors (Lipinski definition) is 2. The standard InChI is InChI=1S/C11H10OS/c1-3-8-13-11-6-4-10(5-7-11)9(2)12/h1,4-7H,8H2,2H3. The van der Waals surface area contributed by atoms with Crippen molar-refractivity contribution >= 4 is 17.5 Å². The van der Waals surface area contributed by atoms with Crippen molar-refractivity contribution < 1.29 is 4.79 Å². The molecule has 0 aromatic heterocycles. The van der Waals surface area contributed by atoms with Gasteiger partial charge in [-0.25, -0.2) is 0 Å². The van der Waals surface area contributed by atoms with Gasteiger partial charge in [0.1, 0.15) is 0 Å². The van der Waals surface area contributed by atoms with Crippen LogP contribution in [0.2, 0.25) is 0 Å². The number of carbonyl (C=O) groups excluding carboxylic acids is 1. The maximum Gasteiger partial charge on any atom is 0.159 e. The first-order chi connectivity index (χ1) is 6.24. The summed E-state index contributed by atoms with van der Waals surface area (Å²) < 4.78 is 0. The van der Waals surface area contributed by atoms with Crippen LogP contribution in [0, 0.1) is 12.3 Å². The number of rotatable bonds is 3. The third kappa shape index (κ3) is 2.96. The molecule has 13 heavy (non-hydrogen) atoms. The Kier molecular flexibility index (Phi) is 3.60. The average molecular weight is 190 g/mol. The summed E-state index contributed by atoms with van der Waals surface area (Å²) in [7, 11) is 0. The van der Waals surface area contributed by atoms with E-state index in [1.807, 2.05) is 24.3 Å². The number of thioether (sulfide) groups is 1. The molecule has 0 N–H and O–H groups in total. The van der Waals surface area contributed by atoms with Gasteiger partial charge in [0, 0.05) is 10.5 Å². The lowest BCUT2D eigenvalue weighted by Crippen LogP contribution is -1.90. The topological polar surface area (TPSA) is 17.1 Å². The van der Waals surface area contributed by atoms with Gasteiger partial charge < -0.3 is 0 Å². The van der Waals surface area contributed by atoms with Crippen molar-refractivity contribution in [1.82, 2.24) is 0 Å². The van der Waals surface area contributed by atoms with Crippen LogP contribution in [0.1, 0.15) is 17.3 Å². The smallest absolute Gasteiger partial charge is 0.159 e. The van der Waals surface area contributed by atoms with Gasteiger partial charge in [0.15, 0.2) is 5.78 Å². The van der Waals surface area contributed by atoms with E-state index in [2.05, 4.69) is 5.92 Å². The molecule has 0 spiro atoms. The van der Waals surface area contributed by atoms with Crippen molar-refractivity contribution in [2.75, 3.05) is 5.75 Å². The first-order valence-corrected chi connectivity index (χ1v) is 4.90. The number of terminal acetylenes is 1. The van der Waals surface area contributed by atoms with Gasteiger partial charge in [-0.1, -0.05) is 18.1 Å². The van der Waals surface area contributed by atoms with Crippen molar-refractivity contribution in [3.05, 3.63) is 29.8 Å². The summed E-state index contributed by atoms with van der Waals surface area (Å²) in [6, 6.07) is 7.47. The van der Waals surface area contributed by atoms with Crippen LogP contribution in [0.15, 0.2) is 29.2 Å². The highest BCUT2D eigenvalue weighted by Gasteiger charge is 1.98. The van der Waals surface area contributed by atoms with Crippen LogP contribution >= 0.6 is 11.8 Å². The summed E-state index contributed by atoms with van der Waals surface area (Å²) in [4.78, 5) is 12.0. The van der Waals surface area contributed by atoms with Crippen LogP contribution in [0.4, 0.5) is 0 Å². The largest absolute Gasteiger partial charge is 0.295 e. The summed E-state index contributed by atoms with van der Waals surface area (Å²) in [5.74, 6) is 3.31. The Morgan fingerprint density at radius 2 is 2.08 bits per heavy atom. The van der Waals surface area contributed by atoms with Gasteiger partial charge in [0.2, 0.25) is 0 Å². The Labute approximate surface area is 82.5 Å². The second-order valence-corrected chi connectivity index (χ2v) is 3.62. The van der Waals surface area contributed by atoms with E-state index in [1.54, 1.807) is 18.7 Å². The van der Waals surface area contributed by atoms with E-state index in [-0.39, 0.29) is 5.78 Å². The molecule has 0 radical (unpaired) electrons. The molecule has 66 valence electrons. The highest BCUT2D eigenvalue weighted by molar-refractivity contribution is 7.99. The molecule has 0 aliphatic rings. The van der Waals surface area contributed by atoms with Gasteiger partial charge in [0.05, 0.1) is 5.75 Å². The second-order valence-electron chi connectivity index (χ2n) is 2.57. The minimum atomic E-state index is 0.0912. The Balaban J connectivity index is 2.71. The molecule has 1 aromatic carbocycles. The predicted molar refractivity (Wildman–Crippen MR) is 56.0 cm³/mol. The summed E-state index contributed by atoms with van der Waals surface area (Å²) in [6.45, 7) is 1.56. The van der Waals surface area contributed by atoms with Gasteiger partial charge >= 0.3 is 0 Å². The van der Waals surface area contributed by atoms with Gasteiger partial charge in [-0.15, -0.1) is 18.2 Å². The monoisotopic (exact) mass is 190 g/mol. The summed E-state index contributed by atoms with van der Waals surface area (Å²) in [5, 5.41) is 0. The van der Waals surface area contributed by atoms with Crippen molar-refractivity contribution in [2.45, 2.75) is 11.8 Å². The number of hydrogen-bond donors (Lipinski definition) is 0. The van der Waals surface area contributed by atoms with Crippen molar-refractivity contribution in [3.63, 3.8) is 0 Å². The number of benzene rings is 1. The highest BCUT2D eigenvalue weighted by Crippen LogP contribution is 2.17. The molecule has 1 nitrogen and oxygen atoms in total. The van der Waals surface area contributed by atoms with Crippen LogP contribution in [-0.2, 0) is 0 Å². The highest BCUT2D eigenvalue weighted by atomic mass is 32.2. The molecule has 0 aliphatic heterocycles. The zero-order valence-corrected chi connectivity index (χ0v) is 8.23. The Hall–Kier alpha value is -1.20. The minimum absolute atomic E-state index is 0.0912. The van der Waals surface area contributed by atoms with Crippen LogP contribution in [0.25, 0.3) is 0 Å². The first-order valence-electron chi connectivity index (χ1n) is 3.91. The molecule has 0 unspecified atom stereocenters. The van der Waals surface area contributed by atoms with E-state index < -0.39 is 0 Å².